The minimum Gasteiger partial charge on any atom is -0.398 e. The van der Waals surface area contributed by atoms with E-state index in [4.69, 9.17) is 10.5 Å². The first-order valence-electron chi connectivity index (χ1n) is 5.07. The molecule has 7 heteroatoms. The molecule has 0 saturated carbocycles. The molecule has 1 rings (SSSR count). The van der Waals surface area contributed by atoms with Gasteiger partial charge in [0.25, 0.3) is 10.2 Å². The van der Waals surface area contributed by atoms with Gasteiger partial charge in [-0.05, 0) is 24.6 Å². The van der Waals surface area contributed by atoms with Crippen LogP contribution in [0, 0.1) is 6.92 Å². The predicted molar refractivity (Wildman–Crippen MR) is 68.0 cm³/mol. The van der Waals surface area contributed by atoms with Crippen molar-refractivity contribution in [3.8, 4) is 0 Å². The molecular weight excluding hydrogens is 242 g/mol. The Labute approximate surface area is 101 Å². The number of hydrogen-bond acceptors (Lipinski definition) is 4. The van der Waals surface area contributed by atoms with Gasteiger partial charge in [0.1, 0.15) is 0 Å². The summed E-state index contributed by atoms with van der Waals surface area (Å²) >= 11 is 0. The molecule has 0 aliphatic rings. The van der Waals surface area contributed by atoms with E-state index in [1.165, 1.54) is 7.11 Å². The number of nitrogens with two attached hydrogens (primary N) is 1. The molecule has 4 N–H and O–H groups in total. The maximum absolute atomic E-state index is 11.6. The van der Waals surface area contributed by atoms with Gasteiger partial charge in [0.05, 0.1) is 12.3 Å². The van der Waals surface area contributed by atoms with Gasteiger partial charge in [0.15, 0.2) is 0 Å². The highest BCUT2D eigenvalue weighted by Gasteiger charge is 2.11. The summed E-state index contributed by atoms with van der Waals surface area (Å²) in [4.78, 5) is 0. The third kappa shape index (κ3) is 4.22. The molecule has 0 unspecified atom stereocenters. The van der Waals surface area contributed by atoms with E-state index in [9.17, 15) is 8.42 Å². The van der Waals surface area contributed by atoms with Crippen LogP contribution >= 0.6 is 0 Å². The zero-order chi connectivity index (χ0) is 12.9. The lowest BCUT2D eigenvalue weighted by atomic mass is 10.2. The van der Waals surface area contributed by atoms with Crippen molar-refractivity contribution < 1.29 is 13.2 Å². The van der Waals surface area contributed by atoms with Crippen molar-refractivity contribution in [2.24, 2.45) is 0 Å². The van der Waals surface area contributed by atoms with Crippen molar-refractivity contribution in [1.82, 2.24) is 4.72 Å². The smallest absolute Gasteiger partial charge is 0.299 e. The molecule has 0 aliphatic carbocycles. The van der Waals surface area contributed by atoms with Gasteiger partial charge in [-0.15, -0.1) is 0 Å². The van der Waals surface area contributed by atoms with Crippen molar-refractivity contribution >= 4 is 21.6 Å². The maximum Gasteiger partial charge on any atom is 0.299 e. The largest absolute Gasteiger partial charge is 0.398 e. The van der Waals surface area contributed by atoms with E-state index in [0.717, 1.165) is 0 Å². The summed E-state index contributed by atoms with van der Waals surface area (Å²) in [7, 11) is -2.08. The summed E-state index contributed by atoms with van der Waals surface area (Å²) < 4.78 is 32.8. The van der Waals surface area contributed by atoms with Crippen LogP contribution in [0.1, 0.15) is 5.56 Å². The average Bonchev–Trinajstić information content (AvgIpc) is 2.25. The summed E-state index contributed by atoms with van der Waals surface area (Å²) in [5, 5.41) is 0. The van der Waals surface area contributed by atoms with Crippen LogP contribution in [0.4, 0.5) is 11.4 Å². The van der Waals surface area contributed by atoms with Gasteiger partial charge in [-0.2, -0.15) is 13.1 Å². The van der Waals surface area contributed by atoms with Crippen molar-refractivity contribution in [1.29, 1.82) is 0 Å². The van der Waals surface area contributed by atoms with E-state index in [-0.39, 0.29) is 6.54 Å². The Morgan fingerprint density at radius 2 is 2.12 bits per heavy atom. The molecule has 1 aromatic rings. The highest BCUT2D eigenvalue weighted by Crippen LogP contribution is 2.20. The van der Waals surface area contributed by atoms with E-state index in [0.29, 0.717) is 23.5 Å². The van der Waals surface area contributed by atoms with Crippen LogP contribution in [0.15, 0.2) is 18.2 Å². The number of rotatable bonds is 6. The lowest BCUT2D eigenvalue weighted by Crippen LogP contribution is -2.32. The maximum atomic E-state index is 11.6. The molecule has 0 aromatic heterocycles. The molecule has 0 aliphatic heterocycles. The van der Waals surface area contributed by atoms with Gasteiger partial charge >= 0.3 is 0 Å². The standard InChI is InChI=1S/C10H17N3O3S/c1-8-9(11)4-3-5-10(8)13-17(14,15)12-6-7-16-2/h3-5,12-13H,6-7,11H2,1-2H3. The Hall–Kier alpha value is -1.31. The summed E-state index contributed by atoms with van der Waals surface area (Å²) in [6.07, 6.45) is 0. The lowest BCUT2D eigenvalue weighted by molar-refractivity contribution is 0.204. The van der Waals surface area contributed by atoms with Crippen LogP contribution in [0.5, 0.6) is 0 Å². The Bertz CT molecular complexity index is 474. The number of methoxy groups -OCH3 is 1. The fraction of sp³-hybridized carbons (Fsp3) is 0.400. The predicted octanol–water partition coefficient (Wildman–Crippen LogP) is 0.470. The summed E-state index contributed by atoms with van der Waals surface area (Å²) in [5.41, 5.74) is 7.40. The van der Waals surface area contributed by atoms with Crippen LogP contribution in [0.3, 0.4) is 0 Å². The van der Waals surface area contributed by atoms with Crippen molar-refractivity contribution in [3.63, 3.8) is 0 Å². The molecule has 6 nitrogen and oxygen atoms in total. The number of benzene rings is 1. The number of anilines is 2. The first-order valence-corrected chi connectivity index (χ1v) is 6.56. The molecule has 0 spiro atoms. The first-order chi connectivity index (χ1) is 7.96. The fourth-order valence-electron chi connectivity index (χ4n) is 1.22. The SMILES string of the molecule is COCCNS(=O)(=O)Nc1cccc(N)c1C. The molecule has 96 valence electrons. The van der Waals surface area contributed by atoms with E-state index >= 15 is 0 Å². The fourth-order valence-corrected chi connectivity index (χ4v) is 2.16. The first kappa shape index (κ1) is 13.8. The second-order valence-corrected chi connectivity index (χ2v) is 5.01. The van der Waals surface area contributed by atoms with E-state index in [2.05, 4.69) is 9.44 Å². The molecule has 0 bridgehead atoms. The molecule has 1 aromatic carbocycles. The van der Waals surface area contributed by atoms with Crippen LogP contribution < -0.4 is 15.2 Å². The quantitative estimate of drug-likeness (QED) is 0.511. The van der Waals surface area contributed by atoms with Crippen molar-refractivity contribution in [2.45, 2.75) is 6.92 Å². The molecular formula is C10H17N3O3S. The van der Waals surface area contributed by atoms with E-state index in [1.807, 2.05) is 0 Å². The van der Waals surface area contributed by atoms with Gasteiger partial charge in [-0.25, -0.2) is 0 Å². The highest BCUT2D eigenvalue weighted by molar-refractivity contribution is 7.90. The minimum absolute atomic E-state index is 0.215. The molecule has 17 heavy (non-hydrogen) atoms. The number of nitrogens with one attached hydrogen (secondary N) is 2. The average molecular weight is 259 g/mol. The summed E-state index contributed by atoms with van der Waals surface area (Å²) in [6, 6.07) is 5.06. The third-order valence-corrected chi connectivity index (χ3v) is 3.29. The zero-order valence-electron chi connectivity index (χ0n) is 9.86. The van der Waals surface area contributed by atoms with Crippen LogP contribution in [-0.2, 0) is 14.9 Å². The van der Waals surface area contributed by atoms with Crippen LogP contribution in [-0.4, -0.2) is 28.7 Å². The Balaban J connectivity index is 2.73. The molecule has 0 fully saturated rings. The minimum atomic E-state index is -3.58. The highest BCUT2D eigenvalue weighted by atomic mass is 32.2. The molecule has 0 atom stereocenters. The Kier molecular flexibility index (Phi) is 4.73. The normalized spacial score (nSPS) is 11.4. The van der Waals surface area contributed by atoms with Gasteiger partial charge in [0, 0.05) is 19.3 Å². The third-order valence-electron chi connectivity index (χ3n) is 2.22. The molecule has 0 saturated heterocycles. The second-order valence-electron chi connectivity index (χ2n) is 3.51. The monoisotopic (exact) mass is 259 g/mol. The van der Waals surface area contributed by atoms with E-state index < -0.39 is 10.2 Å². The van der Waals surface area contributed by atoms with Crippen molar-refractivity contribution in [3.05, 3.63) is 23.8 Å². The molecule has 0 heterocycles. The van der Waals surface area contributed by atoms with Gasteiger partial charge < -0.3 is 10.5 Å². The molecule has 0 amide bonds. The van der Waals surface area contributed by atoms with Crippen LogP contribution in [0.2, 0.25) is 0 Å². The Morgan fingerprint density at radius 3 is 2.76 bits per heavy atom. The van der Waals surface area contributed by atoms with Crippen molar-refractivity contribution in [2.75, 3.05) is 30.7 Å². The number of nitrogen functional groups attached to an aromatic ring is 1. The van der Waals surface area contributed by atoms with Crippen LogP contribution in [0.25, 0.3) is 0 Å². The Morgan fingerprint density at radius 1 is 1.41 bits per heavy atom. The lowest BCUT2D eigenvalue weighted by Gasteiger charge is -2.12. The molecule has 0 radical (unpaired) electrons. The summed E-state index contributed by atoms with van der Waals surface area (Å²) in [5.74, 6) is 0. The number of ether oxygens (including phenoxy) is 1. The van der Waals surface area contributed by atoms with Gasteiger partial charge in [-0.1, -0.05) is 6.07 Å². The summed E-state index contributed by atoms with van der Waals surface area (Å²) in [6.45, 7) is 2.28. The number of hydrogen-bond donors (Lipinski definition) is 3. The van der Waals surface area contributed by atoms with Gasteiger partial charge in [0.2, 0.25) is 0 Å². The van der Waals surface area contributed by atoms with E-state index in [1.54, 1.807) is 25.1 Å². The zero-order valence-corrected chi connectivity index (χ0v) is 10.7. The van der Waals surface area contributed by atoms with Gasteiger partial charge in [-0.3, -0.25) is 4.72 Å². The topological polar surface area (TPSA) is 93.4 Å². The second kappa shape index (κ2) is 5.85.